The number of alkyl halides is 3. The topological polar surface area (TPSA) is 42.4 Å². The molecule has 8 heteroatoms. The number of aromatic nitrogens is 1. The van der Waals surface area contributed by atoms with E-state index >= 15 is 0 Å². The first-order chi connectivity index (χ1) is 12.2. The zero-order valence-electron chi connectivity index (χ0n) is 14.5. The first kappa shape index (κ1) is 20.0. The van der Waals surface area contributed by atoms with Gasteiger partial charge in [0, 0.05) is 12.1 Å². The molecule has 0 saturated heterocycles. The molecular weight excluding hydrogens is 365 g/mol. The van der Waals surface area contributed by atoms with E-state index in [-0.39, 0.29) is 11.4 Å². The predicted octanol–water partition coefficient (Wildman–Crippen LogP) is 4.71. The Kier molecular flexibility index (Phi) is 6.42. The molecule has 1 heterocycles. The number of thiazole rings is 1. The van der Waals surface area contributed by atoms with Crippen LogP contribution in [0.3, 0.4) is 0 Å². The van der Waals surface area contributed by atoms with Crippen LogP contribution in [0.1, 0.15) is 22.3 Å². The van der Waals surface area contributed by atoms with Crippen molar-refractivity contribution in [1.29, 1.82) is 0 Å². The molecule has 0 atom stereocenters. The van der Waals surface area contributed by atoms with Crippen molar-refractivity contribution in [3.05, 3.63) is 47.5 Å². The number of nitrogens with zero attached hydrogens (tertiary/aromatic N) is 2. The van der Waals surface area contributed by atoms with Crippen LogP contribution in [0.25, 0.3) is 10.6 Å². The molecule has 0 saturated carbocycles. The van der Waals surface area contributed by atoms with Crippen LogP contribution in [0, 0.1) is 6.92 Å². The summed E-state index contributed by atoms with van der Waals surface area (Å²) in [5.41, 5.74) is 1.17. The summed E-state index contributed by atoms with van der Waals surface area (Å²) < 4.78 is 43.5. The third kappa shape index (κ3) is 5.08. The number of ether oxygens (including phenoxy) is 1. The average Bonchev–Trinajstić information content (AvgIpc) is 2.95. The van der Waals surface area contributed by atoms with Crippen LogP contribution in [-0.4, -0.2) is 41.7 Å². The van der Waals surface area contributed by atoms with Gasteiger partial charge in [-0.25, -0.2) is 4.98 Å². The van der Waals surface area contributed by atoms with E-state index < -0.39 is 18.6 Å². The molecule has 1 amide bonds. The molecule has 1 aromatic carbocycles. The van der Waals surface area contributed by atoms with E-state index in [1.807, 2.05) is 6.92 Å². The van der Waals surface area contributed by atoms with Crippen molar-refractivity contribution in [1.82, 2.24) is 9.88 Å². The molecular formula is C18H19F3N2O2S. The van der Waals surface area contributed by atoms with E-state index in [0.29, 0.717) is 23.1 Å². The highest BCUT2D eigenvalue weighted by atomic mass is 32.1. The largest absolute Gasteiger partial charge is 0.494 e. The summed E-state index contributed by atoms with van der Waals surface area (Å²) in [5.74, 6) is 0.0116. The van der Waals surface area contributed by atoms with Gasteiger partial charge in [0.2, 0.25) is 0 Å². The minimum atomic E-state index is -4.48. The maximum atomic E-state index is 12.7. The summed E-state index contributed by atoms with van der Waals surface area (Å²) in [6.45, 7) is 5.95. The first-order valence-corrected chi connectivity index (χ1v) is 8.74. The second-order valence-corrected chi connectivity index (χ2v) is 6.48. The third-order valence-electron chi connectivity index (χ3n) is 3.41. The van der Waals surface area contributed by atoms with Crippen molar-refractivity contribution < 1.29 is 22.7 Å². The molecule has 0 N–H and O–H groups in total. The van der Waals surface area contributed by atoms with Gasteiger partial charge in [0.25, 0.3) is 5.91 Å². The van der Waals surface area contributed by atoms with Gasteiger partial charge in [-0.2, -0.15) is 13.2 Å². The number of hydrogen-bond donors (Lipinski definition) is 0. The van der Waals surface area contributed by atoms with Crippen LogP contribution >= 0.6 is 11.3 Å². The molecule has 0 aliphatic heterocycles. The lowest BCUT2D eigenvalue weighted by atomic mass is 10.2. The average molecular weight is 384 g/mol. The van der Waals surface area contributed by atoms with Gasteiger partial charge in [-0.3, -0.25) is 4.79 Å². The molecule has 26 heavy (non-hydrogen) atoms. The Morgan fingerprint density at radius 1 is 1.35 bits per heavy atom. The third-order valence-corrected chi connectivity index (χ3v) is 4.60. The van der Waals surface area contributed by atoms with Gasteiger partial charge in [-0.15, -0.1) is 17.9 Å². The van der Waals surface area contributed by atoms with Crippen molar-refractivity contribution in [3.8, 4) is 16.3 Å². The number of hydrogen-bond acceptors (Lipinski definition) is 4. The Morgan fingerprint density at radius 2 is 2.00 bits per heavy atom. The van der Waals surface area contributed by atoms with Crippen molar-refractivity contribution in [2.45, 2.75) is 20.0 Å². The maximum Gasteiger partial charge on any atom is 0.406 e. The van der Waals surface area contributed by atoms with Gasteiger partial charge in [0.1, 0.15) is 22.2 Å². The minimum Gasteiger partial charge on any atom is -0.494 e. The van der Waals surface area contributed by atoms with Gasteiger partial charge in [0.05, 0.1) is 12.3 Å². The second-order valence-electron chi connectivity index (χ2n) is 5.48. The zero-order chi connectivity index (χ0) is 19.3. The Balaban J connectivity index is 2.27. The van der Waals surface area contributed by atoms with E-state index in [9.17, 15) is 18.0 Å². The van der Waals surface area contributed by atoms with E-state index in [4.69, 9.17) is 4.74 Å². The molecule has 1 aromatic heterocycles. The van der Waals surface area contributed by atoms with Crippen LogP contribution in [0.5, 0.6) is 5.75 Å². The smallest absolute Gasteiger partial charge is 0.406 e. The number of amides is 1. The highest BCUT2D eigenvalue weighted by molar-refractivity contribution is 7.17. The fourth-order valence-electron chi connectivity index (χ4n) is 2.31. The molecule has 4 nitrogen and oxygen atoms in total. The van der Waals surface area contributed by atoms with Crippen LogP contribution in [-0.2, 0) is 0 Å². The monoisotopic (exact) mass is 384 g/mol. The molecule has 2 rings (SSSR count). The number of rotatable bonds is 7. The van der Waals surface area contributed by atoms with E-state index in [2.05, 4.69) is 11.6 Å². The molecule has 140 valence electrons. The molecule has 0 spiro atoms. The summed E-state index contributed by atoms with van der Waals surface area (Å²) in [6, 6.07) is 7.17. The Labute approximate surface area is 153 Å². The predicted molar refractivity (Wildman–Crippen MR) is 95.6 cm³/mol. The van der Waals surface area contributed by atoms with Gasteiger partial charge < -0.3 is 9.64 Å². The fourth-order valence-corrected chi connectivity index (χ4v) is 3.35. The van der Waals surface area contributed by atoms with Gasteiger partial charge in [0.15, 0.2) is 0 Å². The normalized spacial score (nSPS) is 11.3. The quantitative estimate of drug-likeness (QED) is 0.650. The SMILES string of the molecule is C=CCN(CC(F)(F)F)C(=O)c1sc(-c2ccc(OCC)cc2)nc1C. The summed E-state index contributed by atoms with van der Waals surface area (Å²) in [5, 5.41) is 0.569. The Morgan fingerprint density at radius 3 is 2.54 bits per heavy atom. The van der Waals surface area contributed by atoms with Crippen LogP contribution in [0.2, 0.25) is 0 Å². The summed E-state index contributed by atoms with van der Waals surface area (Å²) in [7, 11) is 0. The first-order valence-electron chi connectivity index (χ1n) is 7.92. The van der Waals surface area contributed by atoms with Gasteiger partial charge >= 0.3 is 6.18 Å². The lowest BCUT2D eigenvalue weighted by Crippen LogP contribution is -2.39. The number of carbonyl (C=O) groups excluding carboxylic acids is 1. The summed E-state index contributed by atoms with van der Waals surface area (Å²) >= 11 is 1.08. The molecule has 0 aliphatic carbocycles. The number of halogens is 3. The van der Waals surface area contributed by atoms with Crippen molar-refractivity contribution in [2.24, 2.45) is 0 Å². The molecule has 0 radical (unpaired) electrons. The summed E-state index contributed by atoms with van der Waals surface area (Å²) in [4.78, 5) is 17.8. The Hall–Kier alpha value is -2.35. The highest BCUT2D eigenvalue weighted by Gasteiger charge is 2.34. The number of aryl methyl sites for hydroxylation is 1. The van der Waals surface area contributed by atoms with E-state index in [1.54, 1.807) is 31.2 Å². The molecule has 0 aliphatic rings. The zero-order valence-corrected chi connectivity index (χ0v) is 15.3. The number of benzene rings is 1. The lowest BCUT2D eigenvalue weighted by molar-refractivity contribution is -0.139. The van der Waals surface area contributed by atoms with E-state index in [1.165, 1.54) is 6.08 Å². The summed E-state index contributed by atoms with van der Waals surface area (Å²) in [6.07, 6.45) is -3.21. The Bertz CT molecular complexity index is 770. The molecule has 0 fully saturated rings. The van der Waals surface area contributed by atoms with Crippen LogP contribution < -0.4 is 4.74 Å². The highest BCUT2D eigenvalue weighted by Crippen LogP contribution is 2.30. The molecule has 0 bridgehead atoms. The van der Waals surface area contributed by atoms with Crippen LogP contribution in [0.4, 0.5) is 13.2 Å². The van der Waals surface area contributed by atoms with Crippen molar-refractivity contribution >= 4 is 17.2 Å². The number of carbonyl (C=O) groups is 1. The standard InChI is InChI=1S/C18H19F3N2O2S/c1-4-10-23(11-18(19,20)21)17(24)15-12(3)22-16(26-15)13-6-8-14(9-7-13)25-5-2/h4,6-9H,1,5,10-11H2,2-3H3. The van der Waals surface area contributed by atoms with E-state index in [0.717, 1.165) is 21.8 Å². The second kappa shape index (κ2) is 8.35. The minimum absolute atomic E-state index is 0.186. The van der Waals surface area contributed by atoms with Crippen molar-refractivity contribution in [2.75, 3.05) is 19.7 Å². The fraction of sp³-hybridized carbons (Fsp3) is 0.333. The van der Waals surface area contributed by atoms with Gasteiger partial charge in [-0.05, 0) is 38.1 Å². The molecule has 2 aromatic rings. The molecule has 0 unspecified atom stereocenters. The van der Waals surface area contributed by atoms with Crippen LogP contribution in [0.15, 0.2) is 36.9 Å². The van der Waals surface area contributed by atoms with Crippen molar-refractivity contribution in [3.63, 3.8) is 0 Å². The maximum absolute atomic E-state index is 12.7. The van der Waals surface area contributed by atoms with Gasteiger partial charge in [-0.1, -0.05) is 6.08 Å². The lowest BCUT2D eigenvalue weighted by Gasteiger charge is -2.22.